The second-order valence-corrected chi connectivity index (χ2v) is 11.3. The van der Waals surface area contributed by atoms with E-state index in [1.165, 1.54) is 0 Å². The average Bonchev–Trinajstić information content (AvgIpc) is 3.10. The van der Waals surface area contributed by atoms with Gasteiger partial charge in [-0.05, 0) is 62.7 Å². The molecule has 0 bridgehead atoms. The molecule has 0 atom stereocenters. The van der Waals surface area contributed by atoms with Gasteiger partial charge in [-0.2, -0.15) is 5.10 Å². The summed E-state index contributed by atoms with van der Waals surface area (Å²) in [4.78, 5) is 11.1. The number of benzene rings is 2. The Kier molecular flexibility index (Phi) is 6.56. The van der Waals surface area contributed by atoms with Crippen LogP contribution in [0.1, 0.15) is 30.9 Å². The van der Waals surface area contributed by atoms with Gasteiger partial charge in [-0.3, -0.25) is 4.68 Å². The predicted octanol–water partition coefficient (Wildman–Crippen LogP) is 4.37. The fraction of sp³-hybridized carbons (Fsp3) is 0.320. The third kappa shape index (κ3) is 5.04. The Morgan fingerprint density at radius 3 is 2.53 bits per heavy atom. The first-order valence-corrected chi connectivity index (χ1v) is 12.9. The first-order valence-electron chi connectivity index (χ1n) is 11.2. The van der Waals surface area contributed by atoms with E-state index in [0.29, 0.717) is 12.4 Å². The molecule has 8 nitrogen and oxygen atoms in total. The number of nitrogens with one attached hydrogen (secondary N) is 1. The normalized spacial score (nSPS) is 11.8. The lowest BCUT2D eigenvalue weighted by molar-refractivity contribution is 0.586. The molecule has 0 amide bonds. The maximum absolute atomic E-state index is 12.1. The number of fused-ring (bicyclic) bond motifs is 1. The molecule has 1 N–H and O–H groups in total. The number of hydrogen-bond donors (Lipinski definition) is 1. The highest BCUT2D eigenvalue weighted by Gasteiger charge is 2.16. The second-order valence-electron chi connectivity index (χ2n) is 8.71. The van der Waals surface area contributed by atoms with E-state index >= 15 is 0 Å². The maximum Gasteiger partial charge on any atom is 0.156 e. The summed E-state index contributed by atoms with van der Waals surface area (Å²) in [5.41, 5.74) is 4.73. The van der Waals surface area contributed by atoms with E-state index in [2.05, 4.69) is 40.5 Å². The zero-order chi connectivity index (χ0) is 24.5. The van der Waals surface area contributed by atoms with E-state index in [-0.39, 0.29) is 11.0 Å². The van der Waals surface area contributed by atoms with Gasteiger partial charge in [0.2, 0.25) is 0 Å². The number of rotatable bonds is 8. The average molecular weight is 479 g/mol. The molecule has 0 radical (unpaired) electrons. The first kappa shape index (κ1) is 23.7. The molecule has 34 heavy (non-hydrogen) atoms. The number of aryl methyl sites for hydroxylation is 2. The summed E-state index contributed by atoms with van der Waals surface area (Å²) in [6.07, 6.45) is 1.75. The number of sulfone groups is 1. The monoisotopic (exact) mass is 478 g/mol. The lowest BCUT2D eigenvalue weighted by Crippen LogP contribution is -2.16. The van der Waals surface area contributed by atoms with Crippen LogP contribution in [0.25, 0.3) is 10.9 Å². The maximum atomic E-state index is 12.1. The molecule has 0 aliphatic carbocycles. The molecule has 2 aromatic heterocycles. The van der Waals surface area contributed by atoms with Gasteiger partial charge in [-0.15, -0.1) is 0 Å². The van der Waals surface area contributed by atoms with Crippen molar-refractivity contribution in [1.82, 2.24) is 19.7 Å². The predicted molar refractivity (Wildman–Crippen MR) is 137 cm³/mol. The Balaban J connectivity index is 1.44. The smallest absolute Gasteiger partial charge is 0.156 e. The van der Waals surface area contributed by atoms with Gasteiger partial charge in [0, 0.05) is 42.7 Å². The van der Waals surface area contributed by atoms with Gasteiger partial charge in [0.25, 0.3) is 0 Å². The van der Waals surface area contributed by atoms with Crippen molar-refractivity contribution in [1.29, 1.82) is 0 Å². The van der Waals surface area contributed by atoms with Crippen LogP contribution >= 0.6 is 0 Å². The molecular weight excluding hydrogens is 448 g/mol. The first-order chi connectivity index (χ1) is 16.1. The van der Waals surface area contributed by atoms with Crippen molar-refractivity contribution >= 4 is 37.9 Å². The van der Waals surface area contributed by atoms with Crippen LogP contribution in [-0.2, 0) is 29.2 Å². The van der Waals surface area contributed by atoms with Crippen molar-refractivity contribution in [3.63, 3.8) is 0 Å². The lowest BCUT2D eigenvalue weighted by atomic mass is 10.2. The van der Waals surface area contributed by atoms with E-state index < -0.39 is 9.84 Å². The van der Waals surface area contributed by atoms with Gasteiger partial charge in [-0.1, -0.05) is 12.1 Å². The summed E-state index contributed by atoms with van der Waals surface area (Å²) < 4.78 is 26.1. The van der Waals surface area contributed by atoms with Crippen LogP contribution in [0.15, 0.2) is 54.7 Å². The molecular formula is C25H30N6O2S. The molecule has 9 heteroatoms. The van der Waals surface area contributed by atoms with Crippen molar-refractivity contribution in [2.75, 3.05) is 17.3 Å². The Labute approximate surface area is 200 Å². The van der Waals surface area contributed by atoms with Crippen molar-refractivity contribution in [2.24, 2.45) is 7.05 Å². The molecule has 4 rings (SSSR count). The van der Waals surface area contributed by atoms with E-state index in [4.69, 9.17) is 4.98 Å². The molecule has 0 fully saturated rings. The van der Waals surface area contributed by atoms with E-state index in [9.17, 15) is 8.42 Å². The number of nitrogens with zero attached hydrogens (tertiary/aromatic N) is 5. The molecule has 0 aliphatic heterocycles. The summed E-state index contributed by atoms with van der Waals surface area (Å²) >= 11 is 0. The van der Waals surface area contributed by atoms with Gasteiger partial charge in [0.1, 0.15) is 11.6 Å². The summed E-state index contributed by atoms with van der Waals surface area (Å²) in [5, 5.41) is 8.64. The van der Waals surface area contributed by atoms with Crippen LogP contribution in [0.5, 0.6) is 0 Å². The Bertz CT molecular complexity index is 1410. The Morgan fingerprint density at radius 1 is 1.09 bits per heavy atom. The van der Waals surface area contributed by atoms with Crippen LogP contribution in [0, 0.1) is 6.92 Å². The third-order valence-corrected chi connectivity index (χ3v) is 8.20. The zero-order valence-electron chi connectivity index (χ0n) is 20.1. The highest BCUT2D eigenvalue weighted by molar-refractivity contribution is 7.91. The minimum atomic E-state index is -3.12. The van der Waals surface area contributed by atoms with Crippen molar-refractivity contribution in [3.05, 3.63) is 71.8 Å². The van der Waals surface area contributed by atoms with Crippen LogP contribution in [0.4, 0.5) is 17.2 Å². The molecule has 0 saturated heterocycles. The summed E-state index contributed by atoms with van der Waals surface area (Å²) in [7, 11) is 0.802. The highest BCUT2D eigenvalue weighted by atomic mass is 32.2. The van der Waals surface area contributed by atoms with Crippen LogP contribution < -0.4 is 10.2 Å². The number of anilines is 3. The van der Waals surface area contributed by atoms with E-state index in [1.807, 2.05) is 54.0 Å². The van der Waals surface area contributed by atoms with Crippen LogP contribution in [0.2, 0.25) is 0 Å². The molecule has 2 heterocycles. The molecule has 4 aromatic rings. The second kappa shape index (κ2) is 9.42. The molecule has 0 unspecified atom stereocenters. The van der Waals surface area contributed by atoms with Crippen LogP contribution in [0.3, 0.4) is 0 Å². The molecule has 0 saturated carbocycles. The fourth-order valence-electron chi connectivity index (χ4n) is 3.62. The Morgan fingerprint density at radius 2 is 1.82 bits per heavy atom. The van der Waals surface area contributed by atoms with Gasteiger partial charge in [0.05, 0.1) is 23.1 Å². The van der Waals surface area contributed by atoms with Crippen molar-refractivity contribution in [3.8, 4) is 0 Å². The molecule has 2 aromatic carbocycles. The van der Waals surface area contributed by atoms with Gasteiger partial charge < -0.3 is 10.2 Å². The number of hydrogen-bond acceptors (Lipinski definition) is 7. The van der Waals surface area contributed by atoms with Gasteiger partial charge in [0.15, 0.2) is 9.84 Å². The summed E-state index contributed by atoms with van der Waals surface area (Å²) in [6.45, 7) is 5.91. The quantitative estimate of drug-likeness (QED) is 0.402. The summed E-state index contributed by atoms with van der Waals surface area (Å²) in [6, 6.07) is 15.5. The standard InChI is InChI=1S/C25H30N6O2S/c1-17(2)34(32,33)16-19-6-8-20(9-7-19)27-15-24-26-13-12-25(28-24)30(4)21-10-11-22-18(3)31(5)29-23(22)14-21/h6-14,17,27H,15-16H2,1-5H3. The third-order valence-electron chi connectivity index (χ3n) is 6.03. The van der Waals surface area contributed by atoms with Crippen molar-refractivity contribution in [2.45, 2.75) is 38.3 Å². The molecule has 0 spiro atoms. The fourth-order valence-corrected chi connectivity index (χ4v) is 4.61. The van der Waals surface area contributed by atoms with E-state index in [0.717, 1.165) is 39.4 Å². The van der Waals surface area contributed by atoms with Gasteiger partial charge in [-0.25, -0.2) is 18.4 Å². The largest absolute Gasteiger partial charge is 0.378 e. The lowest BCUT2D eigenvalue weighted by Gasteiger charge is -2.19. The minimum Gasteiger partial charge on any atom is -0.378 e. The van der Waals surface area contributed by atoms with Crippen molar-refractivity contribution < 1.29 is 8.42 Å². The SMILES string of the molecule is Cc1c2ccc(N(C)c3ccnc(CNc4ccc(CS(=O)(=O)C(C)C)cc4)n3)cc2nn1C. The summed E-state index contributed by atoms with van der Waals surface area (Å²) in [5.74, 6) is 1.49. The highest BCUT2D eigenvalue weighted by Crippen LogP contribution is 2.27. The minimum absolute atomic E-state index is 0.0479. The molecule has 178 valence electrons. The Hall–Kier alpha value is -3.46. The number of aromatic nitrogens is 4. The van der Waals surface area contributed by atoms with Crippen LogP contribution in [-0.4, -0.2) is 40.5 Å². The van der Waals surface area contributed by atoms with E-state index in [1.54, 1.807) is 20.0 Å². The molecule has 0 aliphatic rings. The topological polar surface area (TPSA) is 93.0 Å². The van der Waals surface area contributed by atoms with Gasteiger partial charge >= 0.3 is 0 Å². The zero-order valence-corrected chi connectivity index (χ0v) is 21.0.